The maximum Gasteiger partial charge on any atom is 0.199 e. The molecule has 0 saturated heterocycles. The van der Waals surface area contributed by atoms with Gasteiger partial charge in [-0.3, -0.25) is 16.1 Å². The molecule has 0 aliphatic heterocycles. The molecular weight excluding hydrogens is 471 g/mol. The predicted octanol–water partition coefficient (Wildman–Crippen LogP) is 5.25. The largest absolute Gasteiger partial charge is 0.372 e. The first-order valence-electron chi connectivity index (χ1n) is 10.9. The molecule has 2 aromatic carbocycles. The molecule has 182 valence electrons. The molecule has 0 fully saturated rings. The highest BCUT2D eigenvalue weighted by molar-refractivity contribution is 6.30. The van der Waals surface area contributed by atoms with Crippen LogP contribution in [0.1, 0.15) is 25.7 Å². The Bertz CT molecular complexity index is 878. The van der Waals surface area contributed by atoms with Gasteiger partial charge in [-0.1, -0.05) is 49.2 Å². The summed E-state index contributed by atoms with van der Waals surface area (Å²) in [5.41, 5.74) is 1.62. The van der Waals surface area contributed by atoms with Crippen molar-refractivity contribution in [3.8, 4) is 0 Å². The highest BCUT2D eigenvalue weighted by atomic mass is 35.5. The quantitative estimate of drug-likeness (QED) is 0.107. The summed E-state index contributed by atoms with van der Waals surface area (Å²) in [7, 11) is 0. The molecule has 0 aromatic heterocycles. The monoisotopic (exact) mass is 502 g/mol. The van der Waals surface area contributed by atoms with Gasteiger partial charge in [0.15, 0.2) is 11.9 Å². The zero-order chi connectivity index (χ0) is 24.8. The van der Waals surface area contributed by atoms with Crippen LogP contribution in [0.5, 0.6) is 0 Å². The fourth-order valence-electron chi connectivity index (χ4n) is 2.90. The third-order valence-electron chi connectivity index (χ3n) is 4.55. The van der Waals surface area contributed by atoms with Gasteiger partial charge in [-0.05, 0) is 61.4 Å². The highest BCUT2D eigenvalue weighted by Crippen LogP contribution is 2.14. The summed E-state index contributed by atoms with van der Waals surface area (Å²) in [6, 6.07) is 14.4. The second-order valence-electron chi connectivity index (χ2n) is 7.49. The van der Waals surface area contributed by atoms with E-state index in [1.54, 1.807) is 24.3 Å². The lowest BCUT2D eigenvalue weighted by atomic mass is 10.2. The Hall–Kier alpha value is -3.36. The van der Waals surface area contributed by atoms with Gasteiger partial charge in [0.25, 0.3) is 0 Å². The molecule has 34 heavy (non-hydrogen) atoms. The van der Waals surface area contributed by atoms with Crippen LogP contribution in [0.25, 0.3) is 0 Å². The molecule has 0 unspecified atom stereocenters. The van der Waals surface area contributed by atoms with Crippen LogP contribution in [0.4, 0.5) is 11.4 Å². The van der Waals surface area contributed by atoms with Gasteiger partial charge in [-0.2, -0.15) is 0 Å². The number of benzene rings is 2. The summed E-state index contributed by atoms with van der Waals surface area (Å²) in [6.45, 7) is 9.37. The molecule has 0 atom stereocenters. The number of rotatable bonds is 13. The number of halogens is 2. The molecule has 0 amide bonds. The van der Waals surface area contributed by atoms with Crippen LogP contribution in [-0.2, 0) is 0 Å². The van der Waals surface area contributed by atoms with E-state index in [4.69, 9.17) is 34.0 Å². The van der Waals surface area contributed by atoms with E-state index in [0.717, 1.165) is 43.6 Å². The Balaban J connectivity index is 1.45. The second-order valence-corrected chi connectivity index (χ2v) is 8.36. The normalized spacial score (nSPS) is 10.1. The summed E-state index contributed by atoms with van der Waals surface area (Å²) < 4.78 is 0. The van der Waals surface area contributed by atoms with E-state index in [9.17, 15) is 0 Å². The lowest BCUT2D eigenvalue weighted by Gasteiger charge is -2.15. The molecule has 2 rings (SSSR count). The zero-order valence-corrected chi connectivity index (χ0v) is 20.5. The van der Waals surface area contributed by atoms with Gasteiger partial charge in [0, 0.05) is 34.5 Å². The first-order valence-corrected chi connectivity index (χ1v) is 11.7. The average Bonchev–Trinajstić information content (AvgIpc) is 2.78. The summed E-state index contributed by atoms with van der Waals surface area (Å²) in [5.74, 6) is 1.41. The van der Waals surface area contributed by atoms with Gasteiger partial charge in [0.1, 0.15) is 5.82 Å². The highest BCUT2D eigenvalue weighted by Gasteiger charge is 2.02. The third-order valence-corrected chi connectivity index (χ3v) is 5.05. The maximum absolute atomic E-state index is 7.88. The predicted molar refractivity (Wildman–Crippen MR) is 145 cm³/mol. The lowest BCUT2D eigenvalue weighted by Crippen LogP contribution is -2.43. The molecule has 0 aliphatic rings. The fraction of sp³-hybridized carbons (Fsp3) is 0.250. The van der Waals surface area contributed by atoms with Crippen molar-refractivity contribution in [2.24, 2.45) is 0 Å². The van der Waals surface area contributed by atoms with Crippen molar-refractivity contribution in [2.75, 3.05) is 23.7 Å². The molecule has 0 spiro atoms. The first-order chi connectivity index (χ1) is 16.3. The van der Waals surface area contributed by atoms with Crippen molar-refractivity contribution in [3.05, 3.63) is 83.4 Å². The van der Waals surface area contributed by atoms with Crippen LogP contribution in [0.2, 0.25) is 10.0 Å². The Kier molecular flexibility index (Phi) is 11.6. The topological polar surface area (TPSA) is 120 Å². The molecule has 2 aromatic rings. The fourth-order valence-corrected chi connectivity index (χ4v) is 3.15. The van der Waals surface area contributed by atoms with Crippen molar-refractivity contribution in [1.82, 2.24) is 21.3 Å². The standard InChI is InChI=1S/C24H32Cl2N8/c1-17(31-18(2)32-21-11-7-19(25)8-12-21)29-15-5-3-4-6-16-30-23(27)34-24(28)33-22-13-9-20(26)10-14-22/h7-14,29,31-32H,1-6,15-16H2,(H5,27,28,30,33,34). The Morgan fingerprint density at radius 2 is 1.12 bits per heavy atom. The number of anilines is 2. The van der Waals surface area contributed by atoms with Crippen LogP contribution in [-0.4, -0.2) is 25.0 Å². The van der Waals surface area contributed by atoms with Gasteiger partial charge < -0.3 is 26.6 Å². The van der Waals surface area contributed by atoms with Crippen molar-refractivity contribution in [3.63, 3.8) is 0 Å². The number of hydrogen-bond acceptors (Lipinski definition) is 5. The zero-order valence-electron chi connectivity index (χ0n) is 19.0. The summed E-state index contributed by atoms with van der Waals surface area (Å²) in [6.07, 6.45) is 4.03. The summed E-state index contributed by atoms with van der Waals surface area (Å²) >= 11 is 11.7. The molecule has 10 heteroatoms. The first kappa shape index (κ1) is 26.9. The van der Waals surface area contributed by atoms with E-state index in [0.29, 0.717) is 28.2 Å². The lowest BCUT2D eigenvalue weighted by molar-refractivity contribution is 0.602. The van der Waals surface area contributed by atoms with Gasteiger partial charge in [0.2, 0.25) is 0 Å². The Morgan fingerprint density at radius 1 is 0.618 bits per heavy atom. The SMILES string of the molecule is C=C(NCCCCCCNC(=N)NC(=N)Nc1ccc(Cl)cc1)NC(=C)Nc1ccc(Cl)cc1. The van der Waals surface area contributed by atoms with Crippen molar-refractivity contribution < 1.29 is 0 Å². The number of guanidine groups is 2. The molecule has 0 bridgehead atoms. The van der Waals surface area contributed by atoms with E-state index < -0.39 is 0 Å². The second kappa shape index (κ2) is 14.7. The molecule has 8 N–H and O–H groups in total. The molecule has 0 aliphatic carbocycles. The molecular formula is C24H32Cl2N8. The Labute approximate surface area is 211 Å². The van der Waals surface area contributed by atoms with Crippen molar-refractivity contribution in [1.29, 1.82) is 10.8 Å². The number of unbranched alkanes of at least 4 members (excludes halogenated alkanes) is 3. The number of nitrogens with one attached hydrogen (secondary N) is 8. The third kappa shape index (κ3) is 11.5. The molecule has 0 radical (unpaired) electrons. The molecule has 8 nitrogen and oxygen atoms in total. The minimum Gasteiger partial charge on any atom is -0.372 e. The molecule has 0 saturated carbocycles. The van der Waals surface area contributed by atoms with E-state index in [2.05, 4.69) is 45.1 Å². The van der Waals surface area contributed by atoms with Crippen molar-refractivity contribution in [2.45, 2.75) is 25.7 Å². The van der Waals surface area contributed by atoms with Gasteiger partial charge in [0.05, 0.1) is 5.82 Å². The Morgan fingerprint density at radius 3 is 1.68 bits per heavy atom. The smallest absolute Gasteiger partial charge is 0.199 e. The van der Waals surface area contributed by atoms with Crippen LogP contribution in [0, 0.1) is 10.8 Å². The summed E-state index contributed by atoms with van der Waals surface area (Å²) in [5, 5.41) is 35.0. The molecule has 0 heterocycles. The van der Waals surface area contributed by atoms with E-state index >= 15 is 0 Å². The van der Waals surface area contributed by atoms with Crippen LogP contribution in [0.15, 0.2) is 73.3 Å². The van der Waals surface area contributed by atoms with E-state index in [1.807, 2.05) is 24.3 Å². The van der Waals surface area contributed by atoms with E-state index in [-0.39, 0.29) is 11.9 Å². The maximum atomic E-state index is 7.88. The number of hydrogen-bond donors (Lipinski definition) is 8. The minimum atomic E-state index is 0.0192. The minimum absolute atomic E-state index is 0.0192. The van der Waals surface area contributed by atoms with Crippen molar-refractivity contribution >= 4 is 46.5 Å². The van der Waals surface area contributed by atoms with E-state index in [1.165, 1.54) is 0 Å². The van der Waals surface area contributed by atoms with Gasteiger partial charge in [-0.25, -0.2) is 0 Å². The van der Waals surface area contributed by atoms with Crippen LogP contribution in [0.3, 0.4) is 0 Å². The van der Waals surface area contributed by atoms with Gasteiger partial charge in [-0.15, -0.1) is 0 Å². The summed E-state index contributed by atoms with van der Waals surface area (Å²) in [4.78, 5) is 0. The van der Waals surface area contributed by atoms with Crippen LogP contribution < -0.4 is 31.9 Å². The van der Waals surface area contributed by atoms with Gasteiger partial charge >= 0.3 is 0 Å². The van der Waals surface area contributed by atoms with Crippen LogP contribution >= 0.6 is 23.2 Å². The average molecular weight is 503 g/mol.